The first-order valence-electron chi connectivity index (χ1n) is 7.74. The number of para-hydroxylation sites is 1. The number of nitrogens with zero attached hydrogens (tertiary/aromatic N) is 1. The van der Waals surface area contributed by atoms with E-state index in [1.54, 1.807) is 36.4 Å². The Kier molecular flexibility index (Phi) is 4.66. The molecule has 3 rings (SSSR count). The highest BCUT2D eigenvalue weighted by Gasteiger charge is 2.17. The van der Waals surface area contributed by atoms with E-state index in [9.17, 15) is 24.3 Å². The van der Waals surface area contributed by atoms with Crippen LogP contribution in [0, 0.1) is 0 Å². The van der Waals surface area contributed by atoms with Crippen LogP contribution < -0.4 is 21.7 Å². The van der Waals surface area contributed by atoms with E-state index in [1.807, 2.05) is 0 Å². The molecule has 0 aliphatic heterocycles. The van der Waals surface area contributed by atoms with Crippen molar-refractivity contribution in [1.82, 2.24) is 14.9 Å². The highest BCUT2D eigenvalue weighted by Crippen LogP contribution is 2.11. The summed E-state index contributed by atoms with van der Waals surface area (Å²) >= 11 is 0. The summed E-state index contributed by atoms with van der Waals surface area (Å²) in [5.74, 6) is -2.30. The van der Waals surface area contributed by atoms with Crippen molar-refractivity contribution in [3.8, 4) is 0 Å². The van der Waals surface area contributed by atoms with Gasteiger partial charge >= 0.3 is 5.69 Å². The van der Waals surface area contributed by atoms with Gasteiger partial charge in [0.15, 0.2) is 0 Å². The molecule has 0 aliphatic rings. The molecule has 0 fully saturated rings. The van der Waals surface area contributed by atoms with Crippen LogP contribution in [0.2, 0.25) is 0 Å². The molecule has 1 aromatic heterocycles. The van der Waals surface area contributed by atoms with Crippen LogP contribution in [-0.4, -0.2) is 21.4 Å². The van der Waals surface area contributed by atoms with Crippen molar-refractivity contribution in [3.63, 3.8) is 0 Å². The number of amides is 1. The van der Waals surface area contributed by atoms with Crippen molar-refractivity contribution in [1.29, 1.82) is 0 Å². The Bertz CT molecular complexity index is 1090. The third-order valence-electron chi connectivity index (χ3n) is 3.87. The second-order valence-corrected chi connectivity index (χ2v) is 5.60. The number of aromatic amines is 1. The number of rotatable bonds is 5. The number of aliphatic carboxylic acids is 1. The second-order valence-electron chi connectivity index (χ2n) is 5.60. The molecule has 0 saturated heterocycles. The molecule has 0 bridgehead atoms. The third kappa shape index (κ3) is 3.39. The van der Waals surface area contributed by atoms with E-state index in [1.165, 1.54) is 18.2 Å². The summed E-state index contributed by atoms with van der Waals surface area (Å²) in [5, 5.41) is 13.9. The van der Waals surface area contributed by atoms with Crippen LogP contribution in [-0.2, 0) is 16.1 Å². The van der Waals surface area contributed by atoms with E-state index in [0.717, 1.165) is 4.57 Å². The molecule has 1 amide bonds. The maximum atomic E-state index is 12.4. The zero-order valence-electron chi connectivity index (χ0n) is 13.5. The molecule has 2 aromatic carbocycles. The van der Waals surface area contributed by atoms with Gasteiger partial charge in [-0.1, -0.05) is 42.5 Å². The number of fused-ring (bicyclic) bond motifs is 1. The van der Waals surface area contributed by atoms with Crippen molar-refractivity contribution < 1.29 is 14.7 Å². The number of nitrogens with one attached hydrogen (secondary N) is 2. The number of carbonyl (C=O) groups is 2. The standard InChI is InChI=1S/C18H15N3O5/c22-14(20-15(17(24)25)11-6-2-1-3-7-11)10-21-16(23)12-8-4-5-9-13(12)19-18(21)26/h1-9,15H,10H2,(H,19,26)(H,20,22)(H,24,25)/p-1/t15-/m0/s1. The molecule has 3 aromatic rings. The normalized spacial score (nSPS) is 11.8. The number of H-pyrrole nitrogens is 1. The molecule has 1 atom stereocenters. The predicted octanol–water partition coefficient (Wildman–Crippen LogP) is -0.703. The minimum absolute atomic E-state index is 0.249. The van der Waals surface area contributed by atoms with E-state index >= 15 is 0 Å². The molecule has 0 saturated carbocycles. The molecule has 0 unspecified atom stereocenters. The quantitative estimate of drug-likeness (QED) is 0.628. The van der Waals surface area contributed by atoms with E-state index in [4.69, 9.17) is 0 Å². The first-order valence-corrected chi connectivity index (χ1v) is 7.74. The van der Waals surface area contributed by atoms with Crippen molar-refractivity contribution in [3.05, 3.63) is 81.0 Å². The third-order valence-corrected chi connectivity index (χ3v) is 3.87. The predicted molar refractivity (Wildman–Crippen MR) is 91.2 cm³/mol. The number of hydrogen-bond acceptors (Lipinski definition) is 5. The van der Waals surface area contributed by atoms with Crippen molar-refractivity contribution in [2.45, 2.75) is 12.6 Å². The summed E-state index contributed by atoms with van der Waals surface area (Å²) in [5.41, 5.74) is -0.713. The van der Waals surface area contributed by atoms with Gasteiger partial charge in [0.1, 0.15) is 6.54 Å². The van der Waals surface area contributed by atoms with Crippen LogP contribution in [0.4, 0.5) is 0 Å². The summed E-state index contributed by atoms with van der Waals surface area (Å²) in [6, 6.07) is 13.0. The molecule has 8 heteroatoms. The lowest BCUT2D eigenvalue weighted by molar-refractivity contribution is -0.308. The summed E-state index contributed by atoms with van der Waals surface area (Å²) in [6.45, 7) is -0.615. The Morgan fingerprint density at radius 1 is 1.04 bits per heavy atom. The first kappa shape index (κ1) is 17.2. The maximum Gasteiger partial charge on any atom is 0.329 e. The van der Waals surface area contributed by atoms with Gasteiger partial charge in [-0.25, -0.2) is 4.79 Å². The lowest BCUT2D eigenvalue weighted by Gasteiger charge is -2.20. The summed E-state index contributed by atoms with van der Waals surface area (Å²) in [7, 11) is 0. The van der Waals surface area contributed by atoms with Crippen LogP contribution in [0.15, 0.2) is 64.2 Å². The minimum atomic E-state index is -1.50. The Morgan fingerprint density at radius 2 is 1.69 bits per heavy atom. The molecule has 2 N–H and O–H groups in total. The Balaban J connectivity index is 1.88. The van der Waals surface area contributed by atoms with Crippen LogP contribution in [0.1, 0.15) is 11.6 Å². The van der Waals surface area contributed by atoms with Crippen molar-refractivity contribution >= 4 is 22.8 Å². The number of aromatic nitrogens is 2. The lowest BCUT2D eigenvalue weighted by Crippen LogP contribution is -2.45. The Hall–Kier alpha value is -3.68. The molecule has 8 nitrogen and oxygen atoms in total. The fourth-order valence-electron chi connectivity index (χ4n) is 2.62. The topological polar surface area (TPSA) is 124 Å². The van der Waals surface area contributed by atoms with Crippen LogP contribution in [0.5, 0.6) is 0 Å². The average molecular weight is 352 g/mol. The molecular formula is C18H14N3O5-. The van der Waals surface area contributed by atoms with Gasteiger partial charge in [0.25, 0.3) is 5.56 Å². The van der Waals surface area contributed by atoms with Gasteiger partial charge in [-0.15, -0.1) is 0 Å². The van der Waals surface area contributed by atoms with E-state index in [0.29, 0.717) is 11.1 Å². The molecule has 26 heavy (non-hydrogen) atoms. The van der Waals surface area contributed by atoms with Gasteiger partial charge < -0.3 is 20.2 Å². The lowest BCUT2D eigenvalue weighted by atomic mass is 10.1. The molecular weight excluding hydrogens is 338 g/mol. The van der Waals surface area contributed by atoms with E-state index < -0.39 is 35.7 Å². The molecule has 132 valence electrons. The van der Waals surface area contributed by atoms with Crippen molar-refractivity contribution in [2.24, 2.45) is 0 Å². The van der Waals surface area contributed by atoms with Crippen LogP contribution in [0.25, 0.3) is 10.9 Å². The number of benzene rings is 2. The summed E-state index contributed by atoms with van der Waals surface area (Å²) in [6.07, 6.45) is 0. The number of hydrogen-bond donors (Lipinski definition) is 2. The molecule has 0 spiro atoms. The number of carboxylic acids is 1. The fraction of sp³-hybridized carbons (Fsp3) is 0.111. The monoisotopic (exact) mass is 352 g/mol. The largest absolute Gasteiger partial charge is 0.548 e. The fourth-order valence-corrected chi connectivity index (χ4v) is 2.62. The van der Waals surface area contributed by atoms with Crippen LogP contribution in [0.3, 0.4) is 0 Å². The van der Waals surface area contributed by atoms with Gasteiger partial charge in [0.2, 0.25) is 5.91 Å². The SMILES string of the molecule is O=C(Cn1c(=O)[nH]c2ccccc2c1=O)N[C@H](C(=O)[O-])c1ccccc1. The smallest absolute Gasteiger partial charge is 0.329 e. The number of carbonyl (C=O) groups excluding carboxylic acids is 2. The zero-order valence-corrected chi connectivity index (χ0v) is 13.5. The van der Waals surface area contributed by atoms with Gasteiger partial charge in [-0.3, -0.25) is 14.2 Å². The van der Waals surface area contributed by atoms with Gasteiger partial charge in [-0.2, -0.15) is 0 Å². The highest BCUT2D eigenvalue weighted by atomic mass is 16.4. The van der Waals surface area contributed by atoms with E-state index in [-0.39, 0.29) is 5.39 Å². The molecule has 0 aliphatic carbocycles. The van der Waals surface area contributed by atoms with E-state index in [2.05, 4.69) is 10.3 Å². The number of carboxylic acid groups (broad SMARTS) is 1. The Morgan fingerprint density at radius 3 is 2.38 bits per heavy atom. The van der Waals surface area contributed by atoms with Crippen LogP contribution >= 0.6 is 0 Å². The summed E-state index contributed by atoms with van der Waals surface area (Å²) in [4.78, 5) is 50.6. The first-order chi connectivity index (χ1) is 12.5. The maximum absolute atomic E-state index is 12.4. The summed E-state index contributed by atoms with van der Waals surface area (Å²) < 4.78 is 0.717. The highest BCUT2D eigenvalue weighted by molar-refractivity contribution is 5.84. The zero-order chi connectivity index (χ0) is 18.7. The average Bonchev–Trinajstić information content (AvgIpc) is 2.63. The van der Waals surface area contributed by atoms with Crippen molar-refractivity contribution in [2.75, 3.05) is 0 Å². The molecule has 1 heterocycles. The molecule has 0 radical (unpaired) electrons. The minimum Gasteiger partial charge on any atom is -0.548 e. The Labute approximate surface area is 146 Å². The second kappa shape index (κ2) is 7.06. The van der Waals surface area contributed by atoms with Gasteiger partial charge in [-0.05, 0) is 17.7 Å². The van der Waals surface area contributed by atoms with Gasteiger partial charge in [0, 0.05) is 0 Å². The van der Waals surface area contributed by atoms with Gasteiger partial charge in [0.05, 0.1) is 22.9 Å².